The Balaban J connectivity index is 1.60. The number of aryl methyl sites for hydroxylation is 1. The maximum Gasteiger partial charge on any atom is 0.272 e. The van der Waals surface area contributed by atoms with Gasteiger partial charge in [0.2, 0.25) is 5.95 Å². The predicted octanol–water partition coefficient (Wildman–Crippen LogP) is 2.16. The molecule has 0 radical (unpaired) electrons. The van der Waals surface area contributed by atoms with E-state index in [1.165, 1.54) is 5.56 Å². The van der Waals surface area contributed by atoms with Gasteiger partial charge in [0.25, 0.3) is 5.91 Å². The van der Waals surface area contributed by atoms with Crippen LogP contribution in [0.4, 0.5) is 5.95 Å². The molecular formula is C22H31N5O3. The van der Waals surface area contributed by atoms with Gasteiger partial charge in [-0.3, -0.25) is 4.79 Å². The first-order valence-electron chi connectivity index (χ1n) is 10.2. The third-order valence-corrected chi connectivity index (χ3v) is 5.60. The summed E-state index contributed by atoms with van der Waals surface area (Å²) in [6.45, 7) is 4.13. The fourth-order valence-electron chi connectivity index (χ4n) is 3.89. The smallest absolute Gasteiger partial charge is 0.272 e. The number of piperidine rings is 1. The summed E-state index contributed by atoms with van der Waals surface area (Å²) in [5, 5.41) is 0. The van der Waals surface area contributed by atoms with E-state index < -0.39 is 0 Å². The van der Waals surface area contributed by atoms with Crippen LogP contribution < -0.4 is 15.2 Å². The number of rotatable bonds is 7. The fourth-order valence-corrected chi connectivity index (χ4v) is 3.89. The van der Waals surface area contributed by atoms with Crippen molar-refractivity contribution in [2.45, 2.75) is 32.2 Å². The minimum absolute atomic E-state index is 0.0785. The third kappa shape index (κ3) is 5.18. The van der Waals surface area contributed by atoms with Crippen LogP contribution in [0, 0.1) is 6.92 Å². The fraction of sp³-hybridized carbons (Fsp3) is 0.500. The molecule has 0 saturated carbocycles. The lowest BCUT2D eigenvalue weighted by Gasteiger charge is -2.37. The first-order valence-corrected chi connectivity index (χ1v) is 10.2. The van der Waals surface area contributed by atoms with Crippen molar-refractivity contribution in [2.75, 3.05) is 46.6 Å². The van der Waals surface area contributed by atoms with Gasteiger partial charge in [0, 0.05) is 31.4 Å². The van der Waals surface area contributed by atoms with Gasteiger partial charge in [0.15, 0.2) is 11.5 Å². The van der Waals surface area contributed by atoms with Gasteiger partial charge in [-0.25, -0.2) is 9.97 Å². The first kappa shape index (κ1) is 21.8. The summed E-state index contributed by atoms with van der Waals surface area (Å²) < 4.78 is 10.7. The topological polar surface area (TPSA) is 93.8 Å². The Labute approximate surface area is 178 Å². The summed E-state index contributed by atoms with van der Waals surface area (Å²) >= 11 is 0. The van der Waals surface area contributed by atoms with Crippen molar-refractivity contribution in [1.82, 2.24) is 19.8 Å². The molecule has 2 N–H and O–H groups in total. The highest BCUT2D eigenvalue weighted by Crippen LogP contribution is 2.28. The van der Waals surface area contributed by atoms with E-state index in [0.29, 0.717) is 24.0 Å². The molecule has 1 aliphatic rings. The molecule has 1 amide bonds. The Hall–Kier alpha value is -2.87. The summed E-state index contributed by atoms with van der Waals surface area (Å²) in [6, 6.07) is 8.02. The minimum Gasteiger partial charge on any atom is -0.493 e. The number of hydrogen-bond acceptors (Lipinski definition) is 7. The van der Waals surface area contributed by atoms with Gasteiger partial charge in [-0.15, -0.1) is 0 Å². The molecule has 0 spiro atoms. The normalized spacial score (nSPS) is 16.6. The number of nitrogen functional groups attached to an aromatic ring is 1. The minimum atomic E-state index is -0.0785. The molecule has 2 aromatic rings. The summed E-state index contributed by atoms with van der Waals surface area (Å²) in [6.07, 6.45) is 2.93. The van der Waals surface area contributed by atoms with E-state index in [1.54, 1.807) is 20.3 Å². The number of carbonyl (C=O) groups is 1. The molecule has 8 heteroatoms. The van der Waals surface area contributed by atoms with E-state index >= 15 is 0 Å². The molecule has 30 heavy (non-hydrogen) atoms. The molecule has 2 heterocycles. The van der Waals surface area contributed by atoms with Crippen LogP contribution in [0.1, 0.15) is 34.6 Å². The van der Waals surface area contributed by atoms with E-state index in [4.69, 9.17) is 15.2 Å². The highest BCUT2D eigenvalue weighted by Gasteiger charge is 2.27. The Morgan fingerprint density at radius 2 is 2.00 bits per heavy atom. The second-order valence-electron chi connectivity index (χ2n) is 7.72. The lowest BCUT2D eigenvalue weighted by molar-refractivity contribution is 0.0606. The zero-order chi connectivity index (χ0) is 21.7. The first-order chi connectivity index (χ1) is 14.4. The summed E-state index contributed by atoms with van der Waals surface area (Å²) in [5.74, 6) is 1.53. The number of ether oxygens (including phenoxy) is 2. The van der Waals surface area contributed by atoms with Crippen LogP contribution in [-0.2, 0) is 6.42 Å². The van der Waals surface area contributed by atoms with Crippen molar-refractivity contribution in [3.63, 3.8) is 0 Å². The molecule has 1 saturated heterocycles. The molecule has 8 nitrogen and oxygen atoms in total. The number of carbonyl (C=O) groups excluding carboxylic acids is 1. The Morgan fingerprint density at radius 1 is 1.23 bits per heavy atom. The van der Waals surface area contributed by atoms with E-state index in [2.05, 4.69) is 28.0 Å². The van der Waals surface area contributed by atoms with E-state index in [-0.39, 0.29) is 11.9 Å². The van der Waals surface area contributed by atoms with Crippen molar-refractivity contribution in [2.24, 2.45) is 0 Å². The van der Waals surface area contributed by atoms with Crippen LogP contribution in [0.2, 0.25) is 0 Å². The zero-order valence-electron chi connectivity index (χ0n) is 18.2. The lowest BCUT2D eigenvalue weighted by atomic mass is 10.0. The van der Waals surface area contributed by atoms with Gasteiger partial charge in [-0.2, -0.15) is 0 Å². The van der Waals surface area contributed by atoms with E-state index in [1.807, 2.05) is 24.0 Å². The number of anilines is 1. The Kier molecular flexibility index (Phi) is 7.10. The monoisotopic (exact) mass is 413 g/mol. The second-order valence-corrected chi connectivity index (χ2v) is 7.72. The van der Waals surface area contributed by atoms with Crippen LogP contribution in [0.15, 0.2) is 24.3 Å². The molecule has 1 aliphatic heterocycles. The molecule has 1 atom stereocenters. The molecule has 0 bridgehead atoms. The predicted molar refractivity (Wildman–Crippen MR) is 116 cm³/mol. The Morgan fingerprint density at radius 3 is 2.70 bits per heavy atom. The molecule has 1 aromatic heterocycles. The van der Waals surface area contributed by atoms with Gasteiger partial charge in [0.1, 0.15) is 5.69 Å². The number of hydrogen-bond donors (Lipinski definition) is 1. The second kappa shape index (κ2) is 9.75. The van der Waals surface area contributed by atoms with Crippen molar-refractivity contribution >= 4 is 11.9 Å². The number of likely N-dealkylation sites (tertiary alicyclic amines) is 1. The maximum absolute atomic E-state index is 12.9. The van der Waals surface area contributed by atoms with Crippen LogP contribution in [0.3, 0.4) is 0 Å². The van der Waals surface area contributed by atoms with Crippen molar-refractivity contribution in [3.05, 3.63) is 41.2 Å². The maximum atomic E-state index is 12.9. The number of methoxy groups -OCH3 is 2. The quantitative estimate of drug-likeness (QED) is 0.743. The highest BCUT2D eigenvalue weighted by atomic mass is 16.5. The number of amides is 1. The molecule has 1 unspecified atom stereocenters. The average molecular weight is 414 g/mol. The Bertz CT molecular complexity index is 869. The number of nitrogens with two attached hydrogens (primary N) is 1. The van der Waals surface area contributed by atoms with Gasteiger partial charge in [-0.1, -0.05) is 6.07 Å². The number of likely N-dealkylation sites (N-methyl/N-ethyl adjacent to an activating group) is 1. The van der Waals surface area contributed by atoms with Gasteiger partial charge < -0.3 is 25.0 Å². The summed E-state index contributed by atoms with van der Waals surface area (Å²) in [5.41, 5.74) is 7.98. The van der Waals surface area contributed by atoms with Gasteiger partial charge >= 0.3 is 0 Å². The largest absolute Gasteiger partial charge is 0.493 e. The zero-order valence-corrected chi connectivity index (χ0v) is 18.2. The number of benzene rings is 1. The average Bonchev–Trinajstić information content (AvgIpc) is 2.76. The van der Waals surface area contributed by atoms with Crippen LogP contribution in [0.25, 0.3) is 0 Å². The van der Waals surface area contributed by atoms with Crippen molar-refractivity contribution in [3.8, 4) is 11.5 Å². The molecule has 0 aliphatic carbocycles. The number of aromatic nitrogens is 2. The standard InChI is InChI=1S/C22H31N5O3/c1-15-12-18(25-22(23)24-15)21(28)27-10-5-6-17(14-27)26(2)11-9-16-7-8-19(29-3)20(13-16)30-4/h7-8,12-13,17H,5-6,9-11,14H2,1-4H3,(H2,23,24,25). The van der Waals surface area contributed by atoms with E-state index in [0.717, 1.165) is 43.9 Å². The summed E-state index contributed by atoms with van der Waals surface area (Å²) in [4.78, 5) is 25.3. The lowest BCUT2D eigenvalue weighted by Crippen LogP contribution is -2.49. The van der Waals surface area contributed by atoms with Crippen LogP contribution in [0.5, 0.6) is 11.5 Å². The SMILES string of the molecule is COc1ccc(CCN(C)C2CCCN(C(=O)c3cc(C)nc(N)n3)C2)cc1OC. The molecule has 1 aromatic carbocycles. The number of nitrogens with zero attached hydrogens (tertiary/aromatic N) is 4. The molecule has 162 valence electrons. The highest BCUT2D eigenvalue weighted by molar-refractivity contribution is 5.92. The van der Waals surface area contributed by atoms with Crippen molar-refractivity contribution in [1.29, 1.82) is 0 Å². The van der Waals surface area contributed by atoms with Gasteiger partial charge in [0.05, 0.1) is 14.2 Å². The van der Waals surface area contributed by atoms with Crippen LogP contribution >= 0.6 is 0 Å². The summed E-state index contributed by atoms with van der Waals surface area (Å²) in [7, 11) is 5.40. The van der Waals surface area contributed by atoms with Crippen LogP contribution in [-0.4, -0.2) is 72.6 Å². The van der Waals surface area contributed by atoms with Gasteiger partial charge in [-0.05, 0) is 57.0 Å². The van der Waals surface area contributed by atoms with Crippen molar-refractivity contribution < 1.29 is 14.3 Å². The molecular weight excluding hydrogens is 382 g/mol. The van der Waals surface area contributed by atoms with E-state index in [9.17, 15) is 4.79 Å². The molecule has 1 fully saturated rings. The third-order valence-electron chi connectivity index (χ3n) is 5.60. The molecule has 3 rings (SSSR count).